The van der Waals surface area contributed by atoms with Gasteiger partial charge in [-0.2, -0.15) is 12.7 Å². The van der Waals surface area contributed by atoms with Crippen molar-refractivity contribution in [3.63, 3.8) is 0 Å². The van der Waals surface area contributed by atoms with Crippen LogP contribution < -0.4 is 10.3 Å². The van der Waals surface area contributed by atoms with Gasteiger partial charge in [-0.3, -0.25) is 9.35 Å². The first-order valence-corrected chi connectivity index (χ1v) is 18.2. The molecule has 0 atom stereocenters. The zero-order chi connectivity index (χ0) is 33.4. The summed E-state index contributed by atoms with van der Waals surface area (Å²) in [6.07, 6.45) is 14.1. The summed E-state index contributed by atoms with van der Waals surface area (Å²) in [5, 5.41) is 11.0. The molecule has 1 aromatic heterocycles. The van der Waals surface area contributed by atoms with Crippen LogP contribution in [-0.4, -0.2) is 49.1 Å². The topological polar surface area (TPSA) is 111 Å². The van der Waals surface area contributed by atoms with Gasteiger partial charge < -0.3 is 14.4 Å². The van der Waals surface area contributed by atoms with E-state index in [1.54, 1.807) is 0 Å². The minimum atomic E-state index is -3.98. The number of aryl methyl sites for hydroxylation is 1. The van der Waals surface area contributed by atoms with Gasteiger partial charge in [0.2, 0.25) is 11.2 Å². The Bertz CT molecular complexity index is 1470. The van der Waals surface area contributed by atoms with E-state index in [-0.39, 0.29) is 16.9 Å². The van der Waals surface area contributed by atoms with E-state index in [4.69, 9.17) is 8.97 Å². The van der Waals surface area contributed by atoms with Gasteiger partial charge in [0.15, 0.2) is 5.76 Å². The van der Waals surface area contributed by atoms with E-state index >= 15 is 0 Å². The first-order valence-electron chi connectivity index (χ1n) is 16.8. The van der Waals surface area contributed by atoms with Gasteiger partial charge in [0.05, 0.1) is 5.39 Å². The highest BCUT2D eigenvalue weighted by molar-refractivity contribution is 7.83. The summed E-state index contributed by atoms with van der Waals surface area (Å²) >= 11 is 0. The number of hydrogen-bond donors (Lipinski definition) is 2. The molecule has 2 N–H and O–H groups in total. The number of anilines is 1. The SMILES string of the molecule is CCCCCCCCCCCCN(C)S(=O)(=O)O.CCCc1c(N(CC)CC)cc2oc(-c3ccccc3)c(O)c(=O)c2c1C. The Morgan fingerprint density at radius 3 is 1.89 bits per heavy atom. The maximum atomic E-state index is 13.0. The third-order valence-corrected chi connectivity index (χ3v) is 9.35. The molecule has 0 unspecified atom stereocenters. The monoisotopic (exact) mass is 644 g/mol. The van der Waals surface area contributed by atoms with Gasteiger partial charge in [0.25, 0.3) is 0 Å². The third-order valence-electron chi connectivity index (χ3n) is 8.38. The van der Waals surface area contributed by atoms with Crippen LogP contribution in [0.2, 0.25) is 0 Å². The lowest BCUT2D eigenvalue weighted by atomic mass is 9.96. The predicted octanol–water partition coefficient (Wildman–Crippen LogP) is 8.91. The van der Waals surface area contributed by atoms with Gasteiger partial charge in [-0.15, -0.1) is 0 Å². The molecule has 8 nitrogen and oxygen atoms in total. The Balaban J connectivity index is 0.000000344. The summed E-state index contributed by atoms with van der Waals surface area (Å²) in [5.74, 6) is -0.101. The van der Waals surface area contributed by atoms with Crippen LogP contribution >= 0.6 is 0 Å². The highest BCUT2D eigenvalue weighted by Crippen LogP contribution is 2.36. The van der Waals surface area contributed by atoms with Crippen molar-refractivity contribution in [2.45, 2.75) is 112 Å². The smallest absolute Gasteiger partial charge is 0.335 e. The lowest BCUT2D eigenvalue weighted by Gasteiger charge is -2.26. The maximum absolute atomic E-state index is 13.0. The van der Waals surface area contributed by atoms with Gasteiger partial charge in [0.1, 0.15) is 5.58 Å². The van der Waals surface area contributed by atoms with Crippen molar-refractivity contribution >= 4 is 27.0 Å². The van der Waals surface area contributed by atoms with Gasteiger partial charge in [-0.25, -0.2) is 0 Å². The Labute approximate surface area is 271 Å². The van der Waals surface area contributed by atoms with Crippen LogP contribution in [0.3, 0.4) is 0 Å². The number of hydrogen-bond acceptors (Lipinski definition) is 6. The summed E-state index contributed by atoms with van der Waals surface area (Å²) in [7, 11) is -2.57. The van der Waals surface area contributed by atoms with Gasteiger partial charge in [-0.1, -0.05) is 108 Å². The quantitative estimate of drug-likeness (QED) is 0.105. The molecule has 0 aliphatic heterocycles. The molecule has 0 fully saturated rings. The second kappa shape index (κ2) is 19.6. The minimum absolute atomic E-state index is 0.223. The number of fused-ring (bicyclic) bond motifs is 1. The first kappa shape index (κ1) is 38.3. The summed E-state index contributed by atoms with van der Waals surface area (Å²) in [6.45, 7) is 12.7. The molecule has 0 spiro atoms. The largest absolute Gasteiger partial charge is 0.502 e. The molecule has 0 saturated carbocycles. The fourth-order valence-corrected chi connectivity index (χ4v) is 6.05. The van der Waals surface area contributed by atoms with Crippen molar-refractivity contribution in [2.75, 3.05) is 31.6 Å². The fraction of sp³-hybridized carbons (Fsp3) is 0.583. The predicted molar refractivity (Wildman–Crippen MR) is 188 cm³/mol. The Hall–Kier alpha value is -2.88. The van der Waals surface area contributed by atoms with Crippen molar-refractivity contribution < 1.29 is 22.5 Å². The lowest BCUT2D eigenvalue weighted by Crippen LogP contribution is -2.26. The standard InChI is InChI=1S/C23H27NO3.C13H29NO3S/c1-5-11-17-15(4)20-19(14-18(17)24(6-2)7-3)27-23(22(26)21(20)25)16-12-9-8-10-13-16;1-3-4-5-6-7-8-9-10-11-12-13-14(2)18(15,16)17/h8-10,12-14,26H,5-7,11H2,1-4H3;3-13H2,1-2H3,(H,15,16,17). The molecule has 0 aliphatic carbocycles. The normalized spacial score (nSPS) is 11.6. The van der Waals surface area contributed by atoms with Crippen LogP contribution in [0.4, 0.5) is 5.69 Å². The van der Waals surface area contributed by atoms with Gasteiger partial charge >= 0.3 is 10.3 Å². The number of benzene rings is 2. The highest BCUT2D eigenvalue weighted by Gasteiger charge is 2.21. The van der Waals surface area contributed by atoms with Crippen LogP contribution in [0.5, 0.6) is 5.75 Å². The summed E-state index contributed by atoms with van der Waals surface area (Å²) < 4.78 is 37.2. The van der Waals surface area contributed by atoms with E-state index in [2.05, 4.69) is 32.6 Å². The average Bonchev–Trinajstić information content (AvgIpc) is 3.02. The van der Waals surface area contributed by atoms with E-state index in [1.165, 1.54) is 52.0 Å². The van der Waals surface area contributed by atoms with Crippen molar-refractivity contribution in [2.24, 2.45) is 0 Å². The first-order chi connectivity index (χ1) is 21.5. The average molecular weight is 645 g/mol. The van der Waals surface area contributed by atoms with Crippen molar-refractivity contribution in [3.05, 3.63) is 57.7 Å². The maximum Gasteiger partial charge on any atom is 0.335 e. The number of nitrogens with zero attached hydrogens (tertiary/aromatic N) is 2. The molecule has 2 aromatic carbocycles. The second-order valence-electron chi connectivity index (χ2n) is 11.8. The molecule has 9 heteroatoms. The molecular weight excluding hydrogens is 588 g/mol. The van der Waals surface area contributed by atoms with Crippen LogP contribution in [0.1, 0.15) is 109 Å². The van der Waals surface area contributed by atoms with Crippen molar-refractivity contribution in [3.8, 4) is 17.1 Å². The summed E-state index contributed by atoms with van der Waals surface area (Å²) in [6, 6.07) is 11.2. The van der Waals surface area contributed by atoms with E-state index in [0.717, 1.165) is 66.3 Å². The number of unbranched alkanes of at least 4 members (excludes halogenated alkanes) is 9. The number of aromatic hydroxyl groups is 1. The van der Waals surface area contributed by atoms with Crippen LogP contribution in [0.25, 0.3) is 22.3 Å². The van der Waals surface area contributed by atoms with E-state index < -0.39 is 10.3 Å². The van der Waals surface area contributed by atoms with Gasteiger partial charge in [-0.05, 0) is 44.7 Å². The zero-order valence-electron chi connectivity index (χ0n) is 28.4. The van der Waals surface area contributed by atoms with Crippen LogP contribution in [-0.2, 0) is 16.7 Å². The van der Waals surface area contributed by atoms with Crippen LogP contribution in [0.15, 0.2) is 45.6 Å². The minimum Gasteiger partial charge on any atom is -0.502 e. The Morgan fingerprint density at radius 2 is 1.38 bits per heavy atom. The molecule has 0 saturated heterocycles. The van der Waals surface area contributed by atoms with E-state index in [9.17, 15) is 18.3 Å². The molecule has 1 heterocycles. The van der Waals surface area contributed by atoms with Crippen molar-refractivity contribution in [1.82, 2.24) is 4.31 Å². The lowest BCUT2D eigenvalue weighted by molar-refractivity contribution is 0.379. The second-order valence-corrected chi connectivity index (χ2v) is 13.3. The number of rotatable bonds is 18. The summed E-state index contributed by atoms with van der Waals surface area (Å²) in [5.41, 5.74) is 4.02. The third kappa shape index (κ3) is 11.5. The molecule has 3 rings (SSSR count). The highest BCUT2D eigenvalue weighted by atomic mass is 32.2. The molecule has 252 valence electrons. The Kier molecular flexibility index (Phi) is 16.7. The molecule has 0 bridgehead atoms. The molecule has 45 heavy (non-hydrogen) atoms. The van der Waals surface area contributed by atoms with Crippen LogP contribution in [0, 0.1) is 6.92 Å². The van der Waals surface area contributed by atoms with E-state index in [1.807, 2.05) is 43.3 Å². The molecule has 0 aliphatic rings. The fourth-order valence-electron chi connectivity index (χ4n) is 5.69. The van der Waals surface area contributed by atoms with Gasteiger partial charge in [0, 0.05) is 44.0 Å². The molecular formula is C36H56N2O6S. The van der Waals surface area contributed by atoms with Crippen molar-refractivity contribution in [1.29, 1.82) is 0 Å². The molecule has 0 radical (unpaired) electrons. The summed E-state index contributed by atoms with van der Waals surface area (Å²) in [4.78, 5) is 15.3. The zero-order valence-corrected chi connectivity index (χ0v) is 29.2. The molecule has 3 aromatic rings. The molecule has 0 amide bonds. The Morgan fingerprint density at radius 1 is 0.822 bits per heavy atom. The van der Waals surface area contributed by atoms with E-state index in [0.29, 0.717) is 23.1 Å².